The largest absolute Gasteiger partial charge is 0.488 e. The van der Waals surface area contributed by atoms with Gasteiger partial charge >= 0.3 is 0 Å². The van der Waals surface area contributed by atoms with Gasteiger partial charge < -0.3 is 10.5 Å². The molecule has 106 valence electrons. The summed E-state index contributed by atoms with van der Waals surface area (Å²) < 4.78 is 5.91. The zero-order chi connectivity index (χ0) is 13.4. The highest BCUT2D eigenvalue weighted by molar-refractivity contribution is 8.93. The molecule has 2 aromatic rings. The predicted octanol–water partition coefficient (Wildman–Crippen LogP) is 4.50. The second kappa shape index (κ2) is 6.35. The fourth-order valence-electron chi connectivity index (χ4n) is 2.41. The summed E-state index contributed by atoms with van der Waals surface area (Å²) in [6, 6.07) is 11.5. The lowest BCUT2D eigenvalue weighted by molar-refractivity contribution is 0.242. The van der Waals surface area contributed by atoms with Crippen molar-refractivity contribution in [3.8, 4) is 16.9 Å². The fourth-order valence-corrected chi connectivity index (χ4v) is 2.88. The molecule has 0 spiro atoms. The van der Waals surface area contributed by atoms with Crippen LogP contribution in [0.5, 0.6) is 5.75 Å². The Labute approximate surface area is 138 Å². The third-order valence-electron chi connectivity index (χ3n) is 3.29. The molecule has 0 aliphatic carbocycles. The van der Waals surface area contributed by atoms with Gasteiger partial charge in [-0.15, -0.1) is 17.0 Å². The van der Waals surface area contributed by atoms with E-state index in [1.54, 1.807) is 0 Å². The predicted molar refractivity (Wildman–Crippen MR) is 89.4 cm³/mol. The number of nitrogens with two attached hydrogens (primary N) is 1. The van der Waals surface area contributed by atoms with Gasteiger partial charge in [0.05, 0.1) is 0 Å². The summed E-state index contributed by atoms with van der Waals surface area (Å²) in [5.74, 6) is 0.855. The Bertz CT molecular complexity index is 633. The van der Waals surface area contributed by atoms with Gasteiger partial charge in [-0.2, -0.15) is 0 Å². The normalized spacial score (nSPS) is 16.2. The van der Waals surface area contributed by atoms with Crippen molar-refractivity contribution in [2.24, 2.45) is 5.73 Å². The van der Waals surface area contributed by atoms with E-state index in [0.29, 0.717) is 16.6 Å². The van der Waals surface area contributed by atoms with Gasteiger partial charge in [0, 0.05) is 34.1 Å². The molecule has 0 saturated heterocycles. The molecule has 3 rings (SSSR count). The van der Waals surface area contributed by atoms with Gasteiger partial charge in [0.2, 0.25) is 0 Å². The standard InChI is InChI=1S/C15H13Cl2NO.BrH/c16-10-5-9-6-11(8-18)19-15(9)13(7-10)12-3-1-2-4-14(12)17;/h1-5,7,11H,6,8,18H2;1H. The quantitative estimate of drug-likeness (QED) is 0.839. The first-order chi connectivity index (χ1) is 9.19. The Kier molecular flexibility index (Phi) is 4.97. The van der Waals surface area contributed by atoms with Crippen LogP contribution in [0.1, 0.15) is 5.56 Å². The van der Waals surface area contributed by atoms with E-state index in [1.165, 1.54) is 0 Å². The first-order valence-electron chi connectivity index (χ1n) is 6.13. The van der Waals surface area contributed by atoms with Gasteiger partial charge in [-0.05, 0) is 23.8 Å². The topological polar surface area (TPSA) is 35.2 Å². The SMILES string of the molecule is Br.NCC1Cc2cc(Cl)cc(-c3ccccc3Cl)c2O1. The average molecular weight is 375 g/mol. The van der Waals surface area contributed by atoms with E-state index in [-0.39, 0.29) is 23.1 Å². The van der Waals surface area contributed by atoms with E-state index in [4.69, 9.17) is 33.7 Å². The first kappa shape index (κ1) is 15.6. The van der Waals surface area contributed by atoms with Crippen LogP contribution >= 0.6 is 40.2 Å². The number of hydrogen-bond donors (Lipinski definition) is 1. The number of ether oxygens (including phenoxy) is 1. The number of halogens is 3. The monoisotopic (exact) mass is 373 g/mol. The van der Waals surface area contributed by atoms with E-state index in [9.17, 15) is 0 Å². The van der Waals surface area contributed by atoms with Crippen molar-refractivity contribution in [2.45, 2.75) is 12.5 Å². The van der Waals surface area contributed by atoms with Crippen LogP contribution in [0, 0.1) is 0 Å². The maximum atomic E-state index is 6.26. The van der Waals surface area contributed by atoms with Crippen molar-refractivity contribution >= 4 is 40.2 Å². The van der Waals surface area contributed by atoms with Crippen molar-refractivity contribution in [1.29, 1.82) is 0 Å². The number of benzene rings is 2. The van der Waals surface area contributed by atoms with Crippen molar-refractivity contribution in [1.82, 2.24) is 0 Å². The van der Waals surface area contributed by atoms with Crippen molar-refractivity contribution < 1.29 is 4.74 Å². The summed E-state index contributed by atoms with van der Waals surface area (Å²) in [6.07, 6.45) is 0.818. The van der Waals surface area contributed by atoms with Crippen molar-refractivity contribution in [3.63, 3.8) is 0 Å². The van der Waals surface area contributed by atoms with Crippen LogP contribution in [0.15, 0.2) is 36.4 Å². The van der Waals surface area contributed by atoms with E-state index in [2.05, 4.69) is 0 Å². The van der Waals surface area contributed by atoms with Crippen LogP contribution in [0.3, 0.4) is 0 Å². The summed E-state index contributed by atoms with van der Waals surface area (Å²) in [7, 11) is 0. The number of fused-ring (bicyclic) bond motifs is 1. The van der Waals surface area contributed by atoms with Crippen LogP contribution in [0.4, 0.5) is 0 Å². The first-order valence-corrected chi connectivity index (χ1v) is 6.88. The van der Waals surface area contributed by atoms with E-state index in [0.717, 1.165) is 28.9 Å². The van der Waals surface area contributed by atoms with Crippen molar-refractivity contribution in [3.05, 3.63) is 52.0 Å². The van der Waals surface area contributed by atoms with Gasteiger partial charge in [-0.1, -0.05) is 41.4 Å². The van der Waals surface area contributed by atoms with Crippen LogP contribution in [0.2, 0.25) is 10.0 Å². The second-order valence-corrected chi connectivity index (χ2v) is 5.44. The highest BCUT2D eigenvalue weighted by Crippen LogP contribution is 2.42. The molecule has 1 heterocycles. The molecule has 0 radical (unpaired) electrons. The molecule has 2 nitrogen and oxygen atoms in total. The maximum absolute atomic E-state index is 6.26. The molecule has 5 heteroatoms. The minimum atomic E-state index is 0. The van der Waals surface area contributed by atoms with Crippen LogP contribution < -0.4 is 10.5 Å². The highest BCUT2D eigenvalue weighted by atomic mass is 79.9. The summed E-state index contributed by atoms with van der Waals surface area (Å²) in [5.41, 5.74) is 8.65. The van der Waals surface area contributed by atoms with Gasteiger partial charge in [-0.25, -0.2) is 0 Å². The van der Waals surface area contributed by atoms with Crippen LogP contribution in [-0.4, -0.2) is 12.6 Å². The third-order valence-corrected chi connectivity index (χ3v) is 3.84. The Morgan fingerprint density at radius 3 is 2.60 bits per heavy atom. The van der Waals surface area contributed by atoms with Gasteiger partial charge in [0.1, 0.15) is 11.9 Å². The lowest BCUT2D eigenvalue weighted by Gasteiger charge is -2.12. The van der Waals surface area contributed by atoms with E-state index in [1.807, 2.05) is 36.4 Å². The van der Waals surface area contributed by atoms with Gasteiger partial charge in [0.15, 0.2) is 0 Å². The Balaban J connectivity index is 0.00000147. The fraction of sp³-hybridized carbons (Fsp3) is 0.200. The Hall–Kier alpha value is -0.740. The van der Waals surface area contributed by atoms with Crippen LogP contribution in [0.25, 0.3) is 11.1 Å². The summed E-state index contributed by atoms with van der Waals surface area (Å²) in [4.78, 5) is 0. The molecule has 2 aromatic carbocycles. The second-order valence-electron chi connectivity index (χ2n) is 4.60. The lowest BCUT2D eigenvalue weighted by atomic mass is 10.0. The maximum Gasteiger partial charge on any atom is 0.131 e. The molecular weight excluding hydrogens is 361 g/mol. The summed E-state index contributed by atoms with van der Waals surface area (Å²) in [5, 5.41) is 1.38. The van der Waals surface area contributed by atoms with E-state index >= 15 is 0 Å². The van der Waals surface area contributed by atoms with Crippen molar-refractivity contribution in [2.75, 3.05) is 6.54 Å². The molecule has 1 aliphatic rings. The number of rotatable bonds is 2. The van der Waals surface area contributed by atoms with E-state index < -0.39 is 0 Å². The third kappa shape index (κ3) is 2.82. The summed E-state index contributed by atoms with van der Waals surface area (Å²) in [6.45, 7) is 0.494. The lowest BCUT2D eigenvalue weighted by Crippen LogP contribution is -2.24. The Morgan fingerprint density at radius 2 is 1.90 bits per heavy atom. The minimum Gasteiger partial charge on any atom is -0.488 e. The number of hydrogen-bond acceptors (Lipinski definition) is 2. The highest BCUT2D eigenvalue weighted by Gasteiger charge is 2.26. The molecule has 0 amide bonds. The van der Waals surface area contributed by atoms with Gasteiger partial charge in [-0.3, -0.25) is 0 Å². The molecular formula is C15H14BrCl2NO. The molecule has 0 bridgehead atoms. The average Bonchev–Trinajstić information content (AvgIpc) is 2.81. The zero-order valence-electron chi connectivity index (χ0n) is 10.6. The van der Waals surface area contributed by atoms with Crippen LogP contribution in [-0.2, 0) is 6.42 Å². The zero-order valence-corrected chi connectivity index (χ0v) is 13.8. The molecule has 1 aliphatic heterocycles. The smallest absolute Gasteiger partial charge is 0.131 e. The molecule has 1 unspecified atom stereocenters. The molecule has 0 saturated carbocycles. The molecule has 20 heavy (non-hydrogen) atoms. The molecule has 2 N–H and O–H groups in total. The minimum absolute atomic E-state index is 0. The molecule has 0 aromatic heterocycles. The molecule has 1 atom stereocenters. The molecule has 0 fully saturated rings. The Morgan fingerprint density at radius 1 is 1.15 bits per heavy atom. The summed E-state index contributed by atoms with van der Waals surface area (Å²) >= 11 is 12.5. The van der Waals surface area contributed by atoms with Gasteiger partial charge in [0.25, 0.3) is 0 Å².